The molecule has 194 valence electrons. The number of hydrazine groups is 1. The first kappa shape index (κ1) is 29.0. The number of hydrogen-bond acceptors (Lipinski definition) is 7. The van der Waals surface area contributed by atoms with E-state index >= 15 is 0 Å². The molecule has 0 saturated carbocycles. The minimum Gasteiger partial charge on any atom is -0.480 e. The summed E-state index contributed by atoms with van der Waals surface area (Å²) in [4.78, 5) is 46.4. The molecule has 2 rings (SSSR count). The Morgan fingerprint density at radius 3 is 2.43 bits per heavy atom. The van der Waals surface area contributed by atoms with Gasteiger partial charge in [0, 0.05) is 18.6 Å². The zero-order chi connectivity index (χ0) is 25.8. The molecule has 2 N–H and O–H groups in total. The molecule has 0 bridgehead atoms. The Bertz CT molecular complexity index is 885. The van der Waals surface area contributed by atoms with Crippen molar-refractivity contribution in [1.29, 1.82) is 0 Å². The molecule has 0 aliphatic carbocycles. The van der Waals surface area contributed by atoms with E-state index in [1.807, 2.05) is 0 Å². The summed E-state index contributed by atoms with van der Waals surface area (Å²) in [6.45, 7) is 3.48. The summed E-state index contributed by atoms with van der Waals surface area (Å²) >= 11 is 2.84. The van der Waals surface area contributed by atoms with Crippen LogP contribution in [0, 0.1) is 10.1 Å². The lowest BCUT2D eigenvalue weighted by atomic mass is 10.1. The first-order valence-electron chi connectivity index (χ1n) is 12.1. The van der Waals surface area contributed by atoms with Gasteiger partial charge < -0.3 is 5.11 Å². The number of hydrogen-bond donors (Lipinski definition) is 2. The van der Waals surface area contributed by atoms with Crippen molar-refractivity contribution in [2.45, 2.75) is 87.5 Å². The van der Waals surface area contributed by atoms with E-state index in [1.54, 1.807) is 26.0 Å². The molecule has 0 radical (unpaired) electrons. The number of amides is 2. The number of nitrogens with one attached hydrogen (secondary N) is 1. The molecule has 2 amide bonds. The second-order valence-corrected chi connectivity index (χ2v) is 11.5. The van der Waals surface area contributed by atoms with Crippen molar-refractivity contribution in [2.24, 2.45) is 0 Å². The van der Waals surface area contributed by atoms with Crippen LogP contribution in [0.2, 0.25) is 0 Å². The second kappa shape index (κ2) is 15.0. The zero-order valence-corrected chi connectivity index (χ0v) is 21.9. The standard InChI is InChI=1S/C24H35N3O6S2/c1-17-22(29)26(23(35-17)19-12-11-13-20(16-19)27(32)33)25-21(28)14-9-7-5-3-4-6-8-10-15-34-18(2)24(30)31/h11-13,16-18,23H,3-10,14-15H2,1-2H3,(H,25,28)(H,30,31). The van der Waals surface area contributed by atoms with Gasteiger partial charge in [-0.3, -0.25) is 29.9 Å². The molecule has 3 unspecified atom stereocenters. The van der Waals surface area contributed by atoms with Gasteiger partial charge in [0.1, 0.15) is 5.37 Å². The predicted molar refractivity (Wildman–Crippen MR) is 139 cm³/mol. The van der Waals surface area contributed by atoms with Crippen LogP contribution in [-0.4, -0.2) is 49.1 Å². The van der Waals surface area contributed by atoms with Crippen LogP contribution in [0.5, 0.6) is 0 Å². The van der Waals surface area contributed by atoms with Gasteiger partial charge in [0.05, 0.1) is 15.4 Å². The van der Waals surface area contributed by atoms with Crippen LogP contribution in [0.15, 0.2) is 24.3 Å². The summed E-state index contributed by atoms with van der Waals surface area (Å²) in [6.07, 6.45) is 8.55. The third-order valence-electron chi connectivity index (χ3n) is 5.78. The number of carbonyl (C=O) groups excluding carboxylic acids is 2. The number of benzene rings is 1. The molecule has 1 aromatic carbocycles. The van der Waals surface area contributed by atoms with Crippen molar-refractivity contribution in [2.75, 3.05) is 5.75 Å². The van der Waals surface area contributed by atoms with Crippen molar-refractivity contribution in [3.63, 3.8) is 0 Å². The van der Waals surface area contributed by atoms with Gasteiger partial charge in [0.15, 0.2) is 0 Å². The van der Waals surface area contributed by atoms with Gasteiger partial charge in [-0.1, -0.05) is 50.7 Å². The van der Waals surface area contributed by atoms with Crippen molar-refractivity contribution in [3.05, 3.63) is 39.9 Å². The van der Waals surface area contributed by atoms with Gasteiger partial charge in [-0.25, -0.2) is 5.01 Å². The Morgan fingerprint density at radius 1 is 1.17 bits per heavy atom. The van der Waals surface area contributed by atoms with Crippen LogP contribution in [0.3, 0.4) is 0 Å². The minimum atomic E-state index is -0.758. The van der Waals surface area contributed by atoms with Crippen molar-refractivity contribution in [3.8, 4) is 0 Å². The van der Waals surface area contributed by atoms with Crippen LogP contribution in [-0.2, 0) is 14.4 Å². The maximum Gasteiger partial charge on any atom is 0.316 e. The van der Waals surface area contributed by atoms with Crippen LogP contribution in [0.25, 0.3) is 0 Å². The predicted octanol–water partition coefficient (Wildman–Crippen LogP) is 5.31. The summed E-state index contributed by atoms with van der Waals surface area (Å²) in [6, 6.07) is 6.15. The smallest absolute Gasteiger partial charge is 0.316 e. The third kappa shape index (κ3) is 9.71. The van der Waals surface area contributed by atoms with E-state index < -0.39 is 16.3 Å². The van der Waals surface area contributed by atoms with Gasteiger partial charge in [-0.05, 0) is 38.0 Å². The van der Waals surface area contributed by atoms with E-state index in [-0.39, 0.29) is 28.0 Å². The molecule has 1 aliphatic heterocycles. The molecule has 1 saturated heterocycles. The van der Waals surface area contributed by atoms with Crippen LogP contribution >= 0.6 is 23.5 Å². The summed E-state index contributed by atoms with van der Waals surface area (Å²) in [5.41, 5.74) is 3.28. The number of nitrogens with zero attached hydrogens (tertiary/aromatic N) is 2. The second-order valence-electron chi connectivity index (χ2n) is 8.66. The molecule has 1 heterocycles. The average Bonchev–Trinajstić information content (AvgIpc) is 3.10. The van der Waals surface area contributed by atoms with E-state index in [9.17, 15) is 24.5 Å². The summed E-state index contributed by atoms with van der Waals surface area (Å²) in [5, 5.41) is 20.1. The van der Waals surface area contributed by atoms with E-state index in [2.05, 4.69) is 5.43 Å². The molecule has 9 nitrogen and oxygen atoms in total. The van der Waals surface area contributed by atoms with Gasteiger partial charge in [0.2, 0.25) is 5.91 Å². The number of carbonyl (C=O) groups is 3. The normalized spacial score (nSPS) is 18.5. The summed E-state index contributed by atoms with van der Waals surface area (Å²) in [5.74, 6) is -0.319. The number of carboxylic acids is 1. The topological polar surface area (TPSA) is 130 Å². The minimum absolute atomic E-state index is 0.0481. The lowest BCUT2D eigenvalue weighted by Crippen LogP contribution is -2.45. The number of aliphatic carboxylic acids is 1. The first-order chi connectivity index (χ1) is 16.7. The van der Waals surface area contributed by atoms with E-state index in [4.69, 9.17) is 5.11 Å². The highest BCUT2D eigenvalue weighted by molar-refractivity contribution is 8.01. The number of thioether (sulfide) groups is 2. The molecule has 11 heteroatoms. The van der Waals surface area contributed by atoms with Crippen molar-refractivity contribution in [1.82, 2.24) is 10.4 Å². The zero-order valence-electron chi connectivity index (χ0n) is 20.3. The average molecular weight is 526 g/mol. The number of nitro groups is 1. The monoisotopic (exact) mass is 525 g/mol. The lowest BCUT2D eigenvalue weighted by molar-refractivity contribution is -0.384. The molecular weight excluding hydrogens is 490 g/mol. The van der Waals surface area contributed by atoms with Crippen LogP contribution in [0.4, 0.5) is 5.69 Å². The van der Waals surface area contributed by atoms with Gasteiger partial charge in [-0.2, -0.15) is 0 Å². The highest BCUT2D eigenvalue weighted by Crippen LogP contribution is 2.42. The van der Waals surface area contributed by atoms with Gasteiger partial charge >= 0.3 is 5.97 Å². The number of non-ortho nitro benzene ring substituents is 1. The number of carboxylic acid groups (broad SMARTS) is 1. The van der Waals surface area contributed by atoms with E-state index in [1.165, 1.54) is 40.7 Å². The summed E-state index contributed by atoms with van der Waals surface area (Å²) < 4.78 is 0. The molecule has 35 heavy (non-hydrogen) atoms. The fourth-order valence-corrected chi connectivity index (χ4v) is 5.79. The lowest BCUT2D eigenvalue weighted by Gasteiger charge is -2.24. The maximum atomic E-state index is 12.6. The highest BCUT2D eigenvalue weighted by atomic mass is 32.2. The van der Waals surface area contributed by atoms with Crippen molar-refractivity contribution < 1.29 is 24.4 Å². The Labute approximate surface area is 214 Å². The van der Waals surface area contributed by atoms with E-state index in [0.29, 0.717) is 12.0 Å². The molecule has 3 atom stereocenters. The molecular formula is C24H35N3O6S2. The van der Waals surface area contributed by atoms with Gasteiger partial charge in [0.25, 0.3) is 11.6 Å². The Morgan fingerprint density at radius 2 is 1.80 bits per heavy atom. The molecule has 1 aliphatic rings. The Balaban J connectivity index is 1.64. The Hall–Kier alpha value is -2.27. The number of unbranched alkanes of at least 4 members (excludes halogenated alkanes) is 7. The Kier molecular flexibility index (Phi) is 12.4. The quantitative estimate of drug-likeness (QED) is 0.169. The first-order valence-corrected chi connectivity index (χ1v) is 14.1. The SMILES string of the molecule is CC(SCCCCCCCCCCC(=O)NN1C(=O)C(C)SC1c1cccc([N+](=O)[O-])c1)C(=O)O. The van der Waals surface area contributed by atoms with Crippen LogP contribution in [0.1, 0.15) is 82.6 Å². The maximum absolute atomic E-state index is 12.6. The molecule has 1 aromatic rings. The van der Waals surface area contributed by atoms with Crippen LogP contribution < -0.4 is 5.43 Å². The summed E-state index contributed by atoms with van der Waals surface area (Å²) in [7, 11) is 0. The highest BCUT2D eigenvalue weighted by Gasteiger charge is 2.40. The fourth-order valence-electron chi connectivity index (χ4n) is 3.73. The third-order valence-corrected chi connectivity index (χ3v) is 8.35. The van der Waals surface area contributed by atoms with E-state index in [0.717, 1.165) is 57.1 Å². The number of nitro benzene ring substituents is 1. The molecule has 0 aromatic heterocycles. The molecule has 1 fully saturated rings. The van der Waals surface area contributed by atoms with Crippen molar-refractivity contribution >= 4 is 47.0 Å². The molecule has 0 spiro atoms. The van der Waals surface area contributed by atoms with Gasteiger partial charge in [-0.15, -0.1) is 23.5 Å². The fraction of sp³-hybridized carbons (Fsp3) is 0.625. The number of rotatable bonds is 16. The largest absolute Gasteiger partial charge is 0.480 e.